The van der Waals surface area contributed by atoms with Crippen LogP contribution in [-0.4, -0.2) is 70.1 Å². The van der Waals surface area contributed by atoms with E-state index in [1.807, 2.05) is 80.8 Å². The molecule has 0 aliphatic carbocycles. The van der Waals surface area contributed by atoms with Gasteiger partial charge >= 0.3 is 6.09 Å². The zero-order valence-electron chi connectivity index (χ0n) is 29.3. The summed E-state index contributed by atoms with van der Waals surface area (Å²) in [5, 5.41) is 23.0. The Kier molecular flexibility index (Phi) is 17.3. The summed E-state index contributed by atoms with van der Waals surface area (Å²) in [5.41, 5.74) is 2.58. The summed E-state index contributed by atoms with van der Waals surface area (Å²) in [5.74, 6) is -0.954. The summed E-state index contributed by atoms with van der Waals surface area (Å²) in [4.78, 5) is 56.4. The number of ether oxygens (including phenoxy) is 1. The lowest BCUT2D eigenvalue weighted by molar-refractivity contribution is -0.127. The van der Waals surface area contributed by atoms with Crippen molar-refractivity contribution in [1.29, 1.82) is 0 Å². The molecular weight excluding hydrogens is 655 g/mol. The van der Waals surface area contributed by atoms with E-state index in [0.717, 1.165) is 11.1 Å². The molecule has 0 saturated carbocycles. The maximum absolute atomic E-state index is 13.6. The van der Waals surface area contributed by atoms with Crippen molar-refractivity contribution in [3.05, 3.63) is 102 Å². The van der Waals surface area contributed by atoms with Crippen molar-refractivity contribution in [2.75, 3.05) is 12.0 Å². The van der Waals surface area contributed by atoms with Crippen LogP contribution in [0.3, 0.4) is 0 Å². The Bertz CT molecular complexity index is 1460. The van der Waals surface area contributed by atoms with Gasteiger partial charge in [-0.1, -0.05) is 87.5 Å². The quantitative estimate of drug-likeness (QED) is 0.116. The molecule has 5 N–H and O–H groups in total. The van der Waals surface area contributed by atoms with Gasteiger partial charge in [0.2, 0.25) is 17.7 Å². The molecule has 4 amide bonds. The number of aliphatic hydroxyl groups is 1. The highest BCUT2D eigenvalue weighted by Crippen LogP contribution is 2.16. The maximum Gasteiger partial charge on any atom is 0.408 e. The Labute approximate surface area is 299 Å². The van der Waals surface area contributed by atoms with E-state index in [-0.39, 0.29) is 37.2 Å². The number of amides is 4. The summed E-state index contributed by atoms with van der Waals surface area (Å²) in [7, 11) is 0. The van der Waals surface area contributed by atoms with E-state index in [1.165, 1.54) is 11.8 Å². The van der Waals surface area contributed by atoms with E-state index in [0.29, 0.717) is 30.7 Å². The van der Waals surface area contributed by atoms with E-state index in [2.05, 4.69) is 26.3 Å². The molecule has 0 spiro atoms. The van der Waals surface area contributed by atoms with E-state index >= 15 is 0 Å². The van der Waals surface area contributed by atoms with Crippen LogP contribution in [0.4, 0.5) is 4.79 Å². The molecule has 0 saturated heterocycles. The predicted molar refractivity (Wildman–Crippen MR) is 196 cm³/mol. The van der Waals surface area contributed by atoms with Crippen LogP contribution in [0, 0.1) is 11.8 Å². The lowest BCUT2D eigenvalue weighted by Crippen LogP contribution is -2.54. The lowest BCUT2D eigenvalue weighted by atomic mass is 9.92. The molecule has 0 aliphatic heterocycles. The smallest absolute Gasteiger partial charge is 0.408 e. The van der Waals surface area contributed by atoms with Crippen LogP contribution < -0.4 is 21.3 Å². The van der Waals surface area contributed by atoms with Gasteiger partial charge in [0.1, 0.15) is 12.6 Å². The van der Waals surface area contributed by atoms with Gasteiger partial charge in [0, 0.05) is 42.9 Å². The van der Waals surface area contributed by atoms with Crippen molar-refractivity contribution >= 4 is 35.6 Å². The van der Waals surface area contributed by atoms with Gasteiger partial charge < -0.3 is 31.1 Å². The largest absolute Gasteiger partial charge is 0.445 e. The Morgan fingerprint density at radius 3 is 2.08 bits per heavy atom. The second kappa shape index (κ2) is 21.6. The van der Waals surface area contributed by atoms with Gasteiger partial charge in [0.25, 0.3) is 0 Å². The predicted octanol–water partition coefficient (Wildman–Crippen LogP) is 4.39. The van der Waals surface area contributed by atoms with Crippen LogP contribution in [0.15, 0.2) is 85.2 Å². The fraction of sp³-hybridized carbons (Fsp3) is 0.447. The molecule has 12 heteroatoms. The number of thioether (sulfide) groups is 1. The molecule has 3 aromatic rings. The molecule has 3 rings (SSSR count). The average molecular weight is 706 g/mol. The highest BCUT2D eigenvalue weighted by molar-refractivity contribution is 7.98. The van der Waals surface area contributed by atoms with Gasteiger partial charge in [-0.25, -0.2) is 4.79 Å². The first-order valence-corrected chi connectivity index (χ1v) is 18.4. The Hall–Kier alpha value is -4.42. The standard InChI is InChI=1S/C38H51N5O6S/c1-26(2)32(22-35(45)40-24-29-14-9-6-10-15-29)41-36(46)27(3)20-34(44)33(21-28-12-7-5-8-13-28)42-37(47)31(17-19-50-4)43-38(48)49-25-30-16-11-18-39-23-30/h5-16,18,23,26-27,31-34,44H,17,19-22,24-25H2,1-4H3,(H,40,45)(H,41,46)(H,42,47)(H,43,48)/t27-,31?,32-,33+,34+/m1/s1. The minimum Gasteiger partial charge on any atom is -0.445 e. The number of rotatable bonds is 20. The third-order valence-corrected chi connectivity index (χ3v) is 8.96. The lowest BCUT2D eigenvalue weighted by Gasteiger charge is -2.29. The summed E-state index contributed by atoms with van der Waals surface area (Å²) >= 11 is 1.54. The number of benzene rings is 2. The van der Waals surface area contributed by atoms with Gasteiger partial charge in [-0.15, -0.1) is 0 Å². The molecule has 1 heterocycles. The first kappa shape index (κ1) is 40.0. The van der Waals surface area contributed by atoms with E-state index in [4.69, 9.17) is 4.74 Å². The van der Waals surface area contributed by atoms with Crippen molar-refractivity contribution in [3.8, 4) is 0 Å². The topological polar surface area (TPSA) is 159 Å². The molecular formula is C38H51N5O6S. The monoisotopic (exact) mass is 705 g/mol. The highest BCUT2D eigenvalue weighted by Gasteiger charge is 2.30. The van der Waals surface area contributed by atoms with Crippen molar-refractivity contribution in [1.82, 2.24) is 26.3 Å². The number of hydrogen-bond acceptors (Lipinski definition) is 8. The molecule has 11 nitrogen and oxygen atoms in total. The van der Waals surface area contributed by atoms with Gasteiger partial charge in [-0.3, -0.25) is 19.4 Å². The van der Waals surface area contributed by atoms with E-state index < -0.39 is 42.1 Å². The van der Waals surface area contributed by atoms with E-state index in [9.17, 15) is 24.3 Å². The molecule has 0 bridgehead atoms. The zero-order valence-corrected chi connectivity index (χ0v) is 30.2. The number of nitrogens with zero attached hydrogens (tertiary/aromatic N) is 1. The van der Waals surface area contributed by atoms with Crippen LogP contribution in [0.2, 0.25) is 0 Å². The van der Waals surface area contributed by atoms with Crippen LogP contribution in [0.1, 0.15) is 56.7 Å². The van der Waals surface area contributed by atoms with Crippen molar-refractivity contribution in [2.24, 2.45) is 11.8 Å². The zero-order chi connectivity index (χ0) is 36.3. The summed E-state index contributed by atoms with van der Waals surface area (Å²) in [6, 6.07) is 20.5. The van der Waals surface area contributed by atoms with Crippen molar-refractivity contribution in [3.63, 3.8) is 0 Å². The van der Waals surface area contributed by atoms with Crippen LogP contribution >= 0.6 is 11.8 Å². The van der Waals surface area contributed by atoms with Crippen LogP contribution in [-0.2, 0) is 38.7 Å². The van der Waals surface area contributed by atoms with Crippen molar-refractivity contribution < 1.29 is 29.0 Å². The molecule has 0 radical (unpaired) electrons. The SMILES string of the molecule is CSCCC(NC(=O)OCc1cccnc1)C(=O)N[C@@H](Cc1ccccc1)[C@@H](O)C[C@@H](C)C(=O)N[C@H](CC(=O)NCc1ccccc1)C(C)C. The Balaban J connectivity index is 1.63. The van der Waals surface area contributed by atoms with Crippen LogP contribution in [0.5, 0.6) is 0 Å². The van der Waals surface area contributed by atoms with Gasteiger partial charge in [0.05, 0.1) is 12.1 Å². The summed E-state index contributed by atoms with van der Waals surface area (Å²) in [6.45, 7) is 6.00. The number of alkyl carbamates (subject to hydrolysis) is 1. The highest BCUT2D eigenvalue weighted by atomic mass is 32.2. The second-order valence-electron chi connectivity index (χ2n) is 12.8. The number of carbonyl (C=O) groups is 4. The minimum atomic E-state index is -1.09. The summed E-state index contributed by atoms with van der Waals surface area (Å²) < 4.78 is 5.33. The molecule has 0 aliphatic rings. The van der Waals surface area contributed by atoms with Gasteiger partial charge in [-0.2, -0.15) is 11.8 Å². The first-order chi connectivity index (χ1) is 24.0. The molecule has 1 aromatic heterocycles. The van der Waals surface area contributed by atoms with Gasteiger partial charge in [0.15, 0.2) is 0 Å². The molecule has 50 heavy (non-hydrogen) atoms. The maximum atomic E-state index is 13.6. The minimum absolute atomic E-state index is 0.00185. The second-order valence-corrected chi connectivity index (χ2v) is 13.7. The average Bonchev–Trinajstić information content (AvgIpc) is 3.12. The number of pyridine rings is 1. The molecule has 1 unspecified atom stereocenters. The van der Waals surface area contributed by atoms with Crippen molar-refractivity contribution in [2.45, 2.75) is 83.8 Å². The number of aromatic nitrogens is 1. The Morgan fingerprint density at radius 2 is 1.46 bits per heavy atom. The third kappa shape index (κ3) is 14.6. The fourth-order valence-corrected chi connectivity index (χ4v) is 5.71. The molecule has 270 valence electrons. The number of hydrogen-bond donors (Lipinski definition) is 5. The number of carbonyl (C=O) groups excluding carboxylic acids is 4. The molecule has 2 aromatic carbocycles. The van der Waals surface area contributed by atoms with E-state index in [1.54, 1.807) is 31.5 Å². The van der Waals surface area contributed by atoms with Crippen LogP contribution in [0.25, 0.3) is 0 Å². The Morgan fingerprint density at radius 1 is 0.820 bits per heavy atom. The third-order valence-electron chi connectivity index (χ3n) is 8.32. The number of aliphatic hydroxyl groups excluding tert-OH is 1. The molecule has 5 atom stereocenters. The first-order valence-electron chi connectivity index (χ1n) is 17.0. The normalized spacial score (nSPS) is 14.0. The van der Waals surface area contributed by atoms with Gasteiger partial charge in [-0.05, 0) is 54.4 Å². The summed E-state index contributed by atoms with van der Waals surface area (Å²) in [6.07, 6.45) is 4.12. The molecule has 0 fully saturated rings. The number of nitrogens with one attached hydrogen (secondary N) is 4. The fourth-order valence-electron chi connectivity index (χ4n) is 5.24.